The van der Waals surface area contributed by atoms with Gasteiger partial charge in [0, 0.05) is 17.9 Å². The largest absolute Gasteiger partial charge is 0.283 e. The third-order valence-electron chi connectivity index (χ3n) is 3.68. The fourth-order valence-corrected chi connectivity index (χ4v) is 3.30. The van der Waals surface area contributed by atoms with Crippen molar-refractivity contribution in [1.29, 1.82) is 0 Å². The van der Waals surface area contributed by atoms with Gasteiger partial charge in [0.05, 0.1) is 16.7 Å². The molecular weight excluding hydrogens is 365 g/mol. The molecule has 2 aromatic heterocycles. The van der Waals surface area contributed by atoms with E-state index in [0.717, 1.165) is 17.0 Å². The van der Waals surface area contributed by atoms with Crippen molar-refractivity contribution < 1.29 is 0 Å². The van der Waals surface area contributed by atoms with Crippen molar-refractivity contribution >= 4 is 41.2 Å². The van der Waals surface area contributed by atoms with Gasteiger partial charge >= 0.3 is 0 Å². The highest BCUT2D eigenvalue weighted by atomic mass is 35.5. The molecule has 0 amide bonds. The molecule has 0 radical (unpaired) electrons. The Labute approximate surface area is 155 Å². The van der Waals surface area contributed by atoms with Gasteiger partial charge in [0.1, 0.15) is 0 Å². The molecule has 0 fully saturated rings. The van der Waals surface area contributed by atoms with Crippen LogP contribution in [0.3, 0.4) is 0 Å². The number of fused-ring (bicyclic) bond motifs is 1. The lowest BCUT2D eigenvalue weighted by molar-refractivity contribution is 0.244. The van der Waals surface area contributed by atoms with Crippen LogP contribution in [-0.4, -0.2) is 31.1 Å². The van der Waals surface area contributed by atoms with E-state index in [9.17, 15) is 0 Å². The smallest absolute Gasteiger partial charge is 0.254 e. The summed E-state index contributed by atoms with van der Waals surface area (Å²) in [4.78, 5) is 6.55. The van der Waals surface area contributed by atoms with Crippen LogP contribution >= 0.6 is 35.4 Å². The Morgan fingerprint density at radius 1 is 1.17 bits per heavy atom. The quantitative estimate of drug-likeness (QED) is 0.632. The molecule has 126 valence electrons. The van der Waals surface area contributed by atoms with Gasteiger partial charge in [-0.25, -0.2) is 9.67 Å². The fourth-order valence-electron chi connectivity index (χ4n) is 2.65. The normalized spacial score (nSPS) is 11.6. The Hall–Kier alpha value is -1.47. The molecule has 0 aliphatic heterocycles. The predicted octanol–water partition coefficient (Wildman–Crippen LogP) is 4.27. The van der Waals surface area contributed by atoms with Crippen LogP contribution in [0.15, 0.2) is 24.3 Å². The van der Waals surface area contributed by atoms with Gasteiger partial charge in [0.2, 0.25) is 4.77 Å². The summed E-state index contributed by atoms with van der Waals surface area (Å²) in [7, 11) is 2.00. The van der Waals surface area contributed by atoms with Crippen LogP contribution in [0.5, 0.6) is 0 Å². The van der Waals surface area contributed by atoms with E-state index < -0.39 is 0 Å². The monoisotopic (exact) mass is 381 g/mol. The van der Waals surface area contributed by atoms with E-state index in [1.54, 1.807) is 10.7 Å². The summed E-state index contributed by atoms with van der Waals surface area (Å²) in [6.45, 7) is 5.22. The second kappa shape index (κ2) is 6.80. The molecule has 0 spiro atoms. The Morgan fingerprint density at radius 2 is 1.92 bits per heavy atom. The molecule has 5 nitrogen and oxygen atoms in total. The molecule has 2 heterocycles. The highest BCUT2D eigenvalue weighted by Crippen LogP contribution is 2.23. The van der Waals surface area contributed by atoms with Crippen LogP contribution in [0, 0.1) is 18.6 Å². The van der Waals surface area contributed by atoms with E-state index in [0.29, 0.717) is 33.8 Å². The van der Waals surface area contributed by atoms with Crippen molar-refractivity contribution in [3.8, 4) is 0 Å². The summed E-state index contributed by atoms with van der Waals surface area (Å²) in [6.07, 6.45) is 0. The molecule has 8 heteroatoms. The number of aryl methyl sites for hydroxylation is 2. The number of hydrogen-bond acceptors (Lipinski definition) is 4. The lowest BCUT2D eigenvalue weighted by atomic mass is 10.2. The lowest BCUT2D eigenvalue weighted by Crippen LogP contribution is -2.22. The molecule has 3 aromatic rings. The fraction of sp³-hybridized carbons (Fsp3) is 0.312. The number of halogens is 2. The van der Waals surface area contributed by atoms with Crippen molar-refractivity contribution in [3.05, 3.63) is 56.0 Å². The van der Waals surface area contributed by atoms with Crippen LogP contribution in [0.4, 0.5) is 0 Å². The summed E-state index contributed by atoms with van der Waals surface area (Å²) in [5.74, 6) is 0.625. The number of aromatic nitrogens is 4. The summed E-state index contributed by atoms with van der Waals surface area (Å²) in [5, 5.41) is 5.64. The third kappa shape index (κ3) is 3.47. The van der Waals surface area contributed by atoms with Gasteiger partial charge < -0.3 is 0 Å². The van der Waals surface area contributed by atoms with Crippen LogP contribution < -0.4 is 0 Å². The van der Waals surface area contributed by atoms with Crippen LogP contribution in [-0.2, 0) is 13.2 Å². The molecule has 0 atom stereocenters. The average molecular weight is 382 g/mol. The molecule has 0 aliphatic rings. The maximum atomic E-state index is 6.07. The van der Waals surface area contributed by atoms with E-state index in [1.165, 1.54) is 0 Å². The molecule has 0 N–H and O–H groups in total. The van der Waals surface area contributed by atoms with Crippen molar-refractivity contribution in [2.24, 2.45) is 0 Å². The van der Waals surface area contributed by atoms with E-state index in [1.807, 2.05) is 43.5 Å². The van der Waals surface area contributed by atoms with Gasteiger partial charge in [-0.3, -0.25) is 9.30 Å². The first-order valence-corrected chi connectivity index (χ1v) is 8.58. The molecule has 24 heavy (non-hydrogen) atoms. The Balaban J connectivity index is 1.84. The molecule has 0 saturated heterocycles. The van der Waals surface area contributed by atoms with Crippen molar-refractivity contribution in [1.82, 2.24) is 24.1 Å². The molecule has 0 aliphatic carbocycles. The molecule has 0 unspecified atom stereocenters. The van der Waals surface area contributed by atoms with Gasteiger partial charge in [-0.15, -0.1) is 5.10 Å². The highest BCUT2D eigenvalue weighted by molar-refractivity contribution is 7.71. The standard InChI is InChI=1S/C16H17Cl2N5S/c1-10-6-11(2)23-15(19-10)20-22(16(23)24)9-21(3)8-12-4-5-13(17)14(18)7-12/h4-7H,8-9H2,1-3H3. The molecular formula is C16H17Cl2N5S. The topological polar surface area (TPSA) is 38.4 Å². The maximum absolute atomic E-state index is 6.07. The zero-order valence-electron chi connectivity index (χ0n) is 13.6. The number of nitrogens with zero attached hydrogens (tertiary/aromatic N) is 5. The Kier molecular flexibility index (Phi) is 4.92. The number of rotatable bonds is 4. The minimum atomic E-state index is 0.556. The zero-order valence-corrected chi connectivity index (χ0v) is 16.0. The summed E-state index contributed by atoms with van der Waals surface area (Å²) in [5.41, 5.74) is 3.03. The Morgan fingerprint density at radius 3 is 2.62 bits per heavy atom. The minimum absolute atomic E-state index is 0.556. The van der Waals surface area contributed by atoms with Gasteiger partial charge in [0.15, 0.2) is 0 Å². The van der Waals surface area contributed by atoms with Crippen LogP contribution in [0.25, 0.3) is 5.78 Å². The summed E-state index contributed by atoms with van der Waals surface area (Å²) in [6, 6.07) is 7.63. The maximum Gasteiger partial charge on any atom is 0.254 e. The third-order valence-corrected chi connectivity index (χ3v) is 4.81. The van der Waals surface area contributed by atoms with Crippen LogP contribution in [0.1, 0.15) is 17.0 Å². The van der Waals surface area contributed by atoms with Crippen molar-refractivity contribution in [3.63, 3.8) is 0 Å². The van der Waals surface area contributed by atoms with Crippen LogP contribution in [0.2, 0.25) is 10.0 Å². The second-order valence-electron chi connectivity index (χ2n) is 5.86. The lowest BCUT2D eigenvalue weighted by Gasteiger charge is -2.16. The van der Waals surface area contributed by atoms with E-state index in [-0.39, 0.29) is 0 Å². The first-order chi connectivity index (χ1) is 11.3. The number of benzene rings is 1. The predicted molar refractivity (Wildman–Crippen MR) is 99.2 cm³/mol. The van der Waals surface area contributed by atoms with E-state index >= 15 is 0 Å². The first-order valence-electron chi connectivity index (χ1n) is 7.41. The average Bonchev–Trinajstić information content (AvgIpc) is 2.79. The molecule has 1 aromatic carbocycles. The number of hydrogen-bond donors (Lipinski definition) is 0. The highest BCUT2D eigenvalue weighted by Gasteiger charge is 2.10. The molecule has 0 bridgehead atoms. The van der Waals surface area contributed by atoms with Crippen molar-refractivity contribution in [2.45, 2.75) is 27.1 Å². The van der Waals surface area contributed by atoms with Gasteiger partial charge in [0.25, 0.3) is 5.78 Å². The van der Waals surface area contributed by atoms with Gasteiger partial charge in [-0.1, -0.05) is 29.3 Å². The second-order valence-corrected chi connectivity index (χ2v) is 7.04. The molecule has 3 rings (SSSR count). The van der Waals surface area contributed by atoms with Gasteiger partial charge in [-0.2, -0.15) is 0 Å². The van der Waals surface area contributed by atoms with E-state index in [4.69, 9.17) is 35.4 Å². The summed E-state index contributed by atoms with van der Waals surface area (Å²) < 4.78 is 4.30. The first kappa shape index (κ1) is 17.4. The van der Waals surface area contributed by atoms with Crippen molar-refractivity contribution in [2.75, 3.05) is 7.05 Å². The SMILES string of the molecule is Cc1cc(C)n2c(=S)n(CN(C)Cc3ccc(Cl)c(Cl)c3)nc2n1. The van der Waals surface area contributed by atoms with E-state index in [2.05, 4.69) is 15.0 Å². The summed E-state index contributed by atoms with van der Waals surface area (Å²) >= 11 is 17.6. The molecule has 0 saturated carbocycles. The minimum Gasteiger partial charge on any atom is -0.283 e. The zero-order chi connectivity index (χ0) is 17.4. The van der Waals surface area contributed by atoms with Gasteiger partial charge in [-0.05, 0) is 56.9 Å². The Bertz CT molecular complexity index is 963.